The fourth-order valence-corrected chi connectivity index (χ4v) is 5.19. The number of halogens is 3. The number of carbonyl (C=O) groups is 2. The molecule has 0 aliphatic carbocycles. The number of alkyl halides is 3. The van der Waals surface area contributed by atoms with Crippen LogP contribution in [0.4, 0.5) is 18.9 Å². The lowest BCUT2D eigenvalue weighted by Crippen LogP contribution is -2.54. The van der Waals surface area contributed by atoms with Gasteiger partial charge in [0.2, 0.25) is 21.8 Å². The zero-order chi connectivity index (χ0) is 31.1. The van der Waals surface area contributed by atoms with Crippen molar-refractivity contribution in [3.05, 3.63) is 95.6 Å². The van der Waals surface area contributed by atoms with Crippen LogP contribution in [0.1, 0.15) is 30.5 Å². The van der Waals surface area contributed by atoms with E-state index in [9.17, 15) is 31.2 Å². The van der Waals surface area contributed by atoms with E-state index in [2.05, 4.69) is 5.32 Å². The molecule has 8 nitrogen and oxygen atoms in total. The quantitative estimate of drug-likeness (QED) is 0.325. The molecule has 42 heavy (non-hydrogen) atoms. The van der Waals surface area contributed by atoms with Crippen LogP contribution in [-0.2, 0) is 38.8 Å². The Morgan fingerprint density at radius 2 is 1.57 bits per heavy atom. The molecule has 0 saturated carbocycles. The van der Waals surface area contributed by atoms with Gasteiger partial charge in [0, 0.05) is 19.0 Å². The molecule has 0 spiro atoms. The molecule has 226 valence electrons. The van der Waals surface area contributed by atoms with Crippen molar-refractivity contribution in [3.8, 4) is 5.75 Å². The molecule has 3 rings (SSSR count). The molecule has 0 radical (unpaired) electrons. The molecular formula is C30H34F3N3O5S. The van der Waals surface area contributed by atoms with E-state index < -0.39 is 46.2 Å². The van der Waals surface area contributed by atoms with E-state index in [4.69, 9.17) is 4.74 Å². The van der Waals surface area contributed by atoms with Gasteiger partial charge >= 0.3 is 6.18 Å². The highest BCUT2D eigenvalue weighted by molar-refractivity contribution is 7.92. The second kappa shape index (κ2) is 13.7. The molecule has 2 amide bonds. The van der Waals surface area contributed by atoms with Gasteiger partial charge in [0.1, 0.15) is 18.3 Å². The number of nitrogens with one attached hydrogen (secondary N) is 1. The molecule has 0 fully saturated rings. The van der Waals surface area contributed by atoms with E-state index in [-0.39, 0.29) is 24.7 Å². The number of amides is 2. The fraction of sp³-hybridized carbons (Fsp3) is 0.333. The summed E-state index contributed by atoms with van der Waals surface area (Å²) < 4.78 is 71.8. The van der Waals surface area contributed by atoms with Gasteiger partial charge in [0.15, 0.2) is 0 Å². The zero-order valence-corrected chi connectivity index (χ0v) is 24.6. The average molecular weight is 606 g/mol. The lowest BCUT2D eigenvalue weighted by atomic mass is 10.0. The molecule has 0 aliphatic heterocycles. The second-order valence-corrected chi connectivity index (χ2v) is 12.0. The lowest BCUT2D eigenvalue weighted by Gasteiger charge is -2.34. The van der Waals surface area contributed by atoms with E-state index in [1.54, 1.807) is 62.4 Å². The van der Waals surface area contributed by atoms with Crippen molar-refractivity contribution < 1.29 is 35.9 Å². The van der Waals surface area contributed by atoms with Gasteiger partial charge in [-0.2, -0.15) is 13.2 Å². The number of hydrogen-bond acceptors (Lipinski definition) is 5. The van der Waals surface area contributed by atoms with Gasteiger partial charge in [-0.3, -0.25) is 13.9 Å². The van der Waals surface area contributed by atoms with Crippen LogP contribution in [0.25, 0.3) is 0 Å². The first kappa shape index (κ1) is 32.5. The monoisotopic (exact) mass is 605 g/mol. The SMILES string of the molecule is COc1cccc(CN(C(=O)CN(c2cccc(C(F)(F)F)c2)S(C)(=O)=O)C(Cc2ccccc2)C(=O)NC(C)C)c1. The van der Waals surface area contributed by atoms with Gasteiger partial charge in [-0.15, -0.1) is 0 Å². The number of hydrogen-bond donors (Lipinski definition) is 1. The molecule has 1 unspecified atom stereocenters. The Balaban J connectivity index is 2.09. The maximum Gasteiger partial charge on any atom is 0.416 e. The molecule has 12 heteroatoms. The maximum absolute atomic E-state index is 14.0. The Labute approximate surface area is 244 Å². The molecule has 0 aliphatic rings. The van der Waals surface area contributed by atoms with Crippen LogP contribution in [0.15, 0.2) is 78.9 Å². The molecule has 0 saturated heterocycles. The number of ether oxygens (including phenoxy) is 1. The minimum absolute atomic E-state index is 0.0980. The molecule has 3 aromatic rings. The average Bonchev–Trinajstić information content (AvgIpc) is 2.92. The van der Waals surface area contributed by atoms with Crippen LogP contribution >= 0.6 is 0 Å². The molecular weight excluding hydrogens is 571 g/mol. The van der Waals surface area contributed by atoms with Crippen molar-refractivity contribution in [2.75, 3.05) is 24.2 Å². The summed E-state index contributed by atoms with van der Waals surface area (Å²) >= 11 is 0. The van der Waals surface area contributed by atoms with Gasteiger partial charge in [-0.1, -0.05) is 48.5 Å². The van der Waals surface area contributed by atoms with Crippen molar-refractivity contribution in [1.82, 2.24) is 10.2 Å². The molecule has 1 atom stereocenters. The summed E-state index contributed by atoms with van der Waals surface area (Å²) in [4.78, 5) is 28.8. The highest BCUT2D eigenvalue weighted by atomic mass is 32.2. The zero-order valence-electron chi connectivity index (χ0n) is 23.8. The summed E-state index contributed by atoms with van der Waals surface area (Å²) in [5, 5.41) is 2.83. The third kappa shape index (κ3) is 8.97. The number of anilines is 1. The van der Waals surface area contributed by atoms with Crippen molar-refractivity contribution in [2.24, 2.45) is 0 Å². The lowest BCUT2D eigenvalue weighted by molar-refractivity contribution is -0.140. The van der Waals surface area contributed by atoms with Gasteiger partial charge < -0.3 is 15.0 Å². The number of methoxy groups -OCH3 is 1. The number of rotatable bonds is 12. The summed E-state index contributed by atoms with van der Waals surface area (Å²) in [6.45, 7) is 2.61. The first-order valence-electron chi connectivity index (χ1n) is 13.1. The fourth-order valence-electron chi connectivity index (χ4n) is 4.35. The standard InChI is InChI=1S/C30H34F3N3O5S/c1-21(2)34-29(38)27(17-22-10-6-5-7-11-22)35(19-23-12-8-15-26(16-23)41-3)28(37)20-36(42(4,39)40)25-14-9-13-24(18-25)30(31,32)33/h5-16,18,21,27H,17,19-20H2,1-4H3,(H,34,38). The summed E-state index contributed by atoms with van der Waals surface area (Å²) in [5.74, 6) is -0.733. The third-order valence-corrected chi connectivity index (χ3v) is 7.47. The molecule has 0 aromatic heterocycles. The Morgan fingerprint density at radius 3 is 2.17 bits per heavy atom. The Morgan fingerprint density at radius 1 is 0.929 bits per heavy atom. The van der Waals surface area contributed by atoms with E-state index >= 15 is 0 Å². The largest absolute Gasteiger partial charge is 0.497 e. The molecule has 3 aromatic carbocycles. The first-order chi connectivity index (χ1) is 19.7. The molecule has 0 heterocycles. The van der Waals surface area contributed by atoms with Gasteiger partial charge in [-0.25, -0.2) is 8.42 Å². The predicted molar refractivity (Wildman–Crippen MR) is 154 cm³/mol. The Bertz CT molecular complexity index is 1480. The number of benzene rings is 3. The van der Waals surface area contributed by atoms with E-state index in [0.717, 1.165) is 24.0 Å². The predicted octanol–water partition coefficient (Wildman–Crippen LogP) is 4.64. The van der Waals surface area contributed by atoms with Crippen LogP contribution in [0.3, 0.4) is 0 Å². The van der Waals surface area contributed by atoms with Crippen molar-refractivity contribution in [2.45, 2.75) is 45.1 Å². The van der Waals surface area contributed by atoms with Crippen LogP contribution in [0, 0.1) is 0 Å². The van der Waals surface area contributed by atoms with Crippen molar-refractivity contribution >= 4 is 27.5 Å². The highest BCUT2D eigenvalue weighted by Crippen LogP contribution is 2.32. The van der Waals surface area contributed by atoms with Gasteiger partial charge in [-0.05, 0) is 55.3 Å². The molecule has 0 bridgehead atoms. The summed E-state index contributed by atoms with van der Waals surface area (Å²) in [6, 6.07) is 18.2. The normalized spacial score (nSPS) is 12.5. The number of carbonyl (C=O) groups excluding carboxylic acids is 2. The van der Waals surface area contributed by atoms with Crippen LogP contribution in [0.2, 0.25) is 0 Å². The molecule has 1 N–H and O–H groups in total. The van der Waals surface area contributed by atoms with Crippen LogP contribution < -0.4 is 14.4 Å². The van der Waals surface area contributed by atoms with E-state index in [0.29, 0.717) is 21.7 Å². The van der Waals surface area contributed by atoms with E-state index in [1.807, 2.05) is 6.07 Å². The highest BCUT2D eigenvalue weighted by Gasteiger charge is 2.35. The minimum Gasteiger partial charge on any atom is -0.497 e. The topological polar surface area (TPSA) is 96.0 Å². The van der Waals surface area contributed by atoms with Gasteiger partial charge in [0.05, 0.1) is 24.6 Å². The van der Waals surface area contributed by atoms with Crippen molar-refractivity contribution in [3.63, 3.8) is 0 Å². The third-order valence-electron chi connectivity index (χ3n) is 6.33. The van der Waals surface area contributed by atoms with Gasteiger partial charge in [0.25, 0.3) is 0 Å². The minimum atomic E-state index is -4.72. The number of sulfonamides is 1. The van der Waals surface area contributed by atoms with Crippen LogP contribution in [-0.4, -0.2) is 57.1 Å². The smallest absolute Gasteiger partial charge is 0.416 e. The summed E-state index contributed by atoms with van der Waals surface area (Å²) in [7, 11) is -2.74. The van der Waals surface area contributed by atoms with E-state index in [1.165, 1.54) is 18.1 Å². The van der Waals surface area contributed by atoms with Crippen LogP contribution in [0.5, 0.6) is 5.75 Å². The summed E-state index contributed by atoms with van der Waals surface area (Å²) in [6.07, 6.45) is -3.81. The summed E-state index contributed by atoms with van der Waals surface area (Å²) in [5.41, 5.74) is -0.0355. The number of nitrogens with zero attached hydrogens (tertiary/aromatic N) is 2. The van der Waals surface area contributed by atoms with Crippen molar-refractivity contribution in [1.29, 1.82) is 0 Å². The first-order valence-corrected chi connectivity index (χ1v) is 15.0. The maximum atomic E-state index is 14.0. The Kier molecular flexibility index (Phi) is 10.6. The Hall–Kier alpha value is -4.06. The second-order valence-electron chi connectivity index (χ2n) is 10.1.